The van der Waals surface area contributed by atoms with Gasteiger partial charge in [0.1, 0.15) is 17.6 Å². The summed E-state index contributed by atoms with van der Waals surface area (Å²) >= 11 is 0. The van der Waals surface area contributed by atoms with Crippen LogP contribution >= 0.6 is 0 Å². The van der Waals surface area contributed by atoms with E-state index in [-0.39, 0.29) is 23.6 Å². The van der Waals surface area contributed by atoms with Crippen LogP contribution in [-0.4, -0.2) is 46.5 Å². The van der Waals surface area contributed by atoms with Crippen molar-refractivity contribution in [2.45, 2.75) is 38.8 Å². The van der Waals surface area contributed by atoms with Crippen LogP contribution in [-0.2, 0) is 0 Å². The van der Waals surface area contributed by atoms with Crippen molar-refractivity contribution in [2.75, 3.05) is 13.7 Å². The third-order valence-corrected chi connectivity index (χ3v) is 5.16. The molecule has 2 atom stereocenters. The summed E-state index contributed by atoms with van der Waals surface area (Å²) in [5.74, 6) is 1.43. The second-order valence-electron chi connectivity index (χ2n) is 7.32. The van der Waals surface area contributed by atoms with Gasteiger partial charge in [-0.15, -0.1) is 0 Å². The number of pyridine rings is 1. The molecule has 1 saturated heterocycles. The summed E-state index contributed by atoms with van der Waals surface area (Å²) in [5.41, 5.74) is 0.554. The van der Waals surface area contributed by atoms with E-state index in [4.69, 9.17) is 9.47 Å². The molecule has 1 aliphatic heterocycles. The molecule has 1 aromatic carbocycles. The molecule has 1 N–H and O–H groups in total. The minimum atomic E-state index is -0.890. The fraction of sp³-hybridized carbons (Fsp3) is 0.429. The molecular formula is C21H26N2O5. The van der Waals surface area contributed by atoms with Crippen LogP contribution in [0.4, 0.5) is 4.79 Å². The van der Waals surface area contributed by atoms with Gasteiger partial charge in [0.15, 0.2) is 0 Å². The fourth-order valence-corrected chi connectivity index (χ4v) is 3.62. The number of amides is 1. The van der Waals surface area contributed by atoms with Gasteiger partial charge in [-0.1, -0.05) is 13.8 Å². The van der Waals surface area contributed by atoms with Gasteiger partial charge >= 0.3 is 6.09 Å². The van der Waals surface area contributed by atoms with Crippen molar-refractivity contribution in [2.24, 2.45) is 5.92 Å². The Labute approximate surface area is 164 Å². The first-order valence-corrected chi connectivity index (χ1v) is 9.42. The molecule has 0 spiro atoms. The Morgan fingerprint density at radius 3 is 2.46 bits per heavy atom. The Hall–Kier alpha value is -2.96. The van der Waals surface area contributed by atoms with Crippen molar-refractivity contribution in [3.63, 3.8) is 0 Å². The standard InChI is InChI=1S/C21H26N2O5/c1-14(2)19-12-17(9-11-23(19)21(25)26)28-18-8-10-22(20(24)13-18)15-4-6-16(27-3)7-5-15/h4-8,10,13-14,17,19H,9,11-12H2,1-3H3,(H,25,26). The lowest BCUT2D eigenvalue weighted by atomic mass is 9.91. The van der Waals surface area contributed by atoms with Gasteiger partial charge in [-0.05, 0) is 36.2 Å². The van der Waals surface area contributed by atoms with Gasteiger partial charge in [0.25, 0.3) is 5.56 Å². The number of rotatable bonds is 5. The second kappa shape index (κ2) is 8.37. The molecule has 150 valence electrons. The van der Waals surface area contributed by atoms with E-state index < -0.39 is 6.09 Å². The van der Waals surface area contributed by atoms with Crippen molar-refractivity contribution in [3.05, 3.63) is 52.9 Å². The zero-order valence-corrected chi connectivity index (χ0v) is 16.4. The Balaban J connectivity index is 1.72. The average molecular weight is 386 g/mol. The van der Waals surface area contributed by atoms with Crippen LogP contribution in [0.25, 0.3) is 5.69 Å². The highest BCUT2D eigenvalue weighted by Gasteiger charge is 2.34. The number of benzene rings is 1. The summed E-state index contributed by atoms with van der Waals surface area (Å²) in [6.07, 6.45) is 1.91. The van der Waals surface area contributed by atoms with Gasteiger partial charge in [-0.25, -0.2) is 4.79 Å². The lowest BCUT2D eigenvalue weighted by molar-refractivity contribution is 0.0381. The molecule has 0 saturated carbocycles. The van der Waals surface area contributed by atoms with Crippen LogP contribution in [0.2, 0.25) is 0 Å². The highest BCUT2D eigenvalue weighted by molar-refractivity contribution is 5.65. The molecule has 1 aromatic heterocycles. The minimum absolute atomic E-state index is 0.0871. The lowest BCUT2D eigenvalue weighted by Crippen LogP contribution is -2.50. The van der Waals surface area contributed by atoms with Crippen LogP contribution in [0.1, 0.15) is 26.7 Å². The second-order valence-corrected chi connectivity index (χ2v) is 7.32. The molecule has 7 heteroatoms. The number of carbonyl (C=O) groups is 1. The van der Waals surface area contributed by atoms with Crippen LogP contribution in [0, 0.1) is 5.92 Å². The number of piperidine rings is 1. The van der Waals surface area contributed by atoms with Crippen molar-refractivity contribution < 1.29 is 19.4 Å². The van der Waals surface area contributed by atoms with Crippen molar-refractivity contribution >= 4 is 6.09 Å². The van der Waals surface area contributed by atoms with Crippen LogP contribution in [0.3, 0.4) is 0 Å². The number of hydrogen-bond donors (Lipinski definition) is 1. The highest BCUT2D eigenvalue weighted by Crippen LogP contribution is 2.26. The van der Waals surface area contributed by atoms with Gasteiger partial charge in [-0.2, -0.15) is 0 Å². The molecule has 2 unspecified atom stereocenters. The van der Waals surface area contributed by atoms with Crippen LogP contribution < -0.4 is 15.0 Å². The van der Waals surface area contributed by atoms with Gasteiger partial charge in [0.2, 0.25) is 0 Å². The minimum Gasteiger partial charge on any atom is -0.497 e. The molecule has 1 aliphatic rings. The molecule has 0 radical (unpaired) electrons. The van der Waals surface area contributed by atoms with Crippen molar-refractivity contribution in [1.82, 2.24) is 9.47 Å². The largest absolute Gasteiger partial charge is 0.497 e. The third kappa shape index (κ3) is 4.30. The molecule has 3 rings (SSSR count). The van der Waals surface area contributed by atoms with Gasteiger partial charge in [0.05, 0.1) is 7.11 Å². The van der Waals surface area contributed by atoms with E-state index in [0.29, 0.717) is 25.1 Å². The zero-order valence-electron chi connectivity index (χ0n) is 16.4. The maximum atomic E-state index is 12.5. The van der Waals surface area contributed by atoms with Gasteiger partial charge in [-0.3, -0.25) is 9.36 Å². The number of methoxy groups -OCH3 is 1. The van der Waals surface area contributed by atoms with Crippen LogP contribution in [0.15, 0.2) is 47.4 Å². The molecular weight excluding hydrogens is 360 g/mol. The highest BCUT2D eigenvalue weighted by atomic mass is 16.5. The summed E-state index contributed by atoms with van der Waals surface area (Å²) in [4.78, 5) is 25.4. The van der Waals surface area contributed by atoms with Crippen molar-refractivity contribution in [3.8, 4) is 17.2 Å². The first-order chi connectivity index (χ1) is 13.4. The lowest BCUT2D eigenvalue weighted by Gasteiger charge is -2.39. The van der Waals surface area contributed by atoms with E-state index in [9.17, 15) is 14.7 Å². The van der Waals surface area contributed by atoms with E-state index in [1.807, 2.05) is 26.0 Å². The molecule has 2 aromatic rings. The molecule has 7 nitrogen and oxygen atoms in total. The maximum Gasteiger partial charge on any atom is 0.407 e. The summed E-state index contributed by atoms with van der Waals surface area (Å²) in [5, 5.41) is 9.37. The number of nitrogens with zero attached hydrogens (tertiary/aromatic N) is 2. The molecule has 1 amide bonds. The quantitative estimate of drug-likeness (QED) is 0.852. The number of carboxylic acid groups (broad SMARTS) is 1. The molecule has 1 fully saturated rings. The Bertz CT molecular complexity index is 875. The topological polar surface area (TPSA) is 81.0 Å². The Morgan fingerprint density at radius 1 is 1.18 bits per heavy atom. The fourth-order valence-electron chi connectivity index (χ4n) is 3.62. The first kappa shape index (κ1) is 19.8. The number of ether oxygens (including phenoxy) is 2. The van der Waals surface area contributed by atoms with E-state index in [1.54, 1.807) is 31.5 Å². The smallest absolute Gasteiger partial charge is 0.407 e. The number of hydrogen-bond acceptors (Lipinski definition) is 4. The van der Waals surface area contributed by atoms with Gasteiger partial charge < -0.3 is 19.5 Å². The molecule has 2 heterocycles. The van der Waals surface area contributed by atoms with E-state index in [1.165, 1.54) is 15.5 Å². The predicted molar refractivity (Wildman–Crippen MR) is 106 cm³/mol. The maximum absolute atomic E-state index is 12.5. The zero-order chi connectivity index (χ0) is 20.3. The summed E-state index contributed by atoms with van der Waals surface area (Å²) in [6.45, 7) is 4.46. The first-order valence-electron chi connectivity index (χ1n) is 9.42. The predicted octanol–water partition coefficient (Wildman–Crippen LogP) is 3.39. The number of likely N-dealkylation sites (tertiary alicyclic amines) is 1. The Morgan fingerprint density at radius 2 is 1.89 bits per heavy atom. The van der Waals surface area contributed by atoms with E-state index >= 15 is 0 Å². The normalized spacial score (nSPS) is 19.5. The molecule has 28 heavy (non-hydrogen) atoms. The summed E-state index contributed by atoms with van der Waals surface area (Å²) < 4.78 is 12.7. The SMILES string of the molecule is COc1ccc(-n2ccc(OC3CCN(C(=O)O)C(C(C)C)C3)cc2=O)cc1. The summed E-state index contributed by atoms with van der Waals surface area (Å²) in [7, 11) is 1.60. The average Bonchev–Trinajstić information content (AvgIpc) is 2.68. The third-order valence-electron chi connectivity index (χ3n) is 5.16. The summed E-state index contributed by atoms with van der Waals surface area (Å²) in [6, 6.07) is 10.4. The van der Waals surface area contributed by atoms with E-state index in [0.717, 1.165) is 11.4 Å². The van der Waals surface area contributed by atoms with Crippen molar-refractivity contribution in [1.29, 1.82) is 0 Å². The Kier molecular flexibility index (Phi) is 5.92. The van der Waals surface area contributed by atoms with E-state index in [2.05, 4.69) is 0 Å². The molecule has 0 aliphatic carbocycles. The molecule has 0 bridgehead atoms. The number of aromatic nitrogens is 1. The van der Waals surface area contributed by atoms with Crippen LogP contribution in [0.5, 0.6) is 11.5 Å². The monoisotopic (exact) mass is 386 g/mol. The van der Waals surface area contributed by atoms with Gasteiger partial charge in [0, 0.05) is 43.4 Å².